The lowest BCUT2D eigenvalue weighted by molar-refractivity contribution is -0.120. The van der Waals surface area contributed by atoms with E-state index < -0.39 is 0 Å². The second-order valence-corrected chi connectivity index (χ2v) is 3.50. The molecule has 1 heterocycles. The minimum absolute atomic E-state index is 0.365. The molecule has 1 aromatic heterocycles. The summed E-state index contributed by atoms with van der Waals surface area (Å²) in [5.74, 6) is 0.429. The third kappa shape index (κ3) is 3.32. The molecule has 16 heavy (non-hydrogen) atoms. The summed E-state index contributed by atoms with van der Waals surface area (Å²) >= 11 is 0. The number of nitrogens with zero attached hydrogens (tertiary/aromatic N) is 2. The highest BCUT2D eigenvalue weighted by molar-refractivity contribution is 5.77. The molecule has 1 rings (SSSR count). The van der Waals surface area contributed by atoms with Crippen molar-refractivity contribution >= 4 is 5.91 Å². The van der Waals surface area contributed by atoms with Gasteiger partial charge in [-0.25, -0.2) is 4.98 Å². The zero-order chi connectivity index (χ0) is 12.0. The third-order valence-corrected chi connectivity index (χ3v) is 2.34. The lowest BCUT2D eigenvalue weighted by Gasteiger charge is -2.13. The van der Waals surface area contributed by atoms with Crippen LogP contribution in [0.4, 0.5) is 0 Å². The van der Waals surface area contributed by atoms with Gasteiger partial charge >= 0.3 is 0 Å². The Kier molecular flexibility index (Phi) is 4.94. The van der Waals surface area contributed by atoms with Crippen molar-refractivity contribution in [3.63, 3.8) is 0 Å². The highest BCUT2D eigenvalue weighted by Gasteiger charge is 2.13. The van der Waals surface area contributed by atoms with Crippen molar-refractivity contribution in [3.05, 3.63) is 18.2 Å². The van der Waals surface area contributed by atoms with Gasteiger partial charge < -0.3 is 20.4 Å². The van der Waals surface area contributed by atoms with Crippen molar-refractivity contribution in [2.45, 2.75) is 19.5 Å². The number of amides is 1. The van der Waals surface area contributed by atoms with Gasteiger partial charge in [0, 0.05) is 26.0 Å². The number of methoxy groups -OCH3 is 1. The van der Waals surface area contributed by atoms with Crippen LogP contribution in [0.5, 0.6) is 0 Å². The molecule has 1 unspecified atom stereocenters. The maximum absolute atomic E-state index is 11.1. The molecule has 0 fully saturated rings. The van der Waals surface area contributed by atoms with Crippen molar-refractivity contribution in [2.75, 3.05) is 20.3 Å². The third-order valence-electron chi connectivity index (χ3n) is 2.34. The van der Waals surface area contributed by atoms with Gasteiger partial charge in [0.05, 0.1) is 13.2 Å². The first kappa shape index (κ1) is 12.7. The van der Waals surface area contributed by atoms with Crippen LogP contribution in [-0.4, -0.2) is 35.7 Å². The van der Waals surface area contributed by atoms with Gasteiger partial charge in [-0.15, -0.1) is 0 Å². The van der Waals surface area contributed by atoms with Gasteiger partial charge in [0.15, 0.2) is 0 Å². The molecule has 0 saturated heterocycles. The molecule has 0 aliphatic rings. The second-order valence-electron chi connectivity index (χ2n) is 3.50. The van der Waals surface area contributed by atoms with Crippen LogP contribution in [0.1, 0.15) is 18.8 Å². The molecule has 0 aliphatic carbocycles. The summed E-state index contributed by atoms with van der Waals surface area (Å²) in [6, 6.07) is -0.373. The molecule has 0 spiro atoms. The van der Waals surface area contributed by atoms with Crippen LogP contribution in [0.2, 0.25) is 0 Å². The zero-order valence-electron chi connectivity index (χ0n) is 9.64. The molecule has 6 heteroatoms. The van der Waals surface area contributed by atoms with E-state index in [0.29, 0.717) is 13.2 Å². The molecule has 0 aromatic carbocycles. The van der Waals surface area contributed by atoms with E-state index in [-0.39, 0.29) is 11.9 Å². The fourth-order valence-corrected chi connectivity index (χ4v) is 1.34. The van der Waals surface area contributed by atoms with E-state index in [4.69, 9.17) is 10.5 Å². The monoisotopic (exact) mass is 226 g/mol. The number of imidazole rings is 1. The number of primary amides is 1. The van der Waals surface area contributed by atoms with Gasteiger partial charge in [-0.3, -0.25) is 4.79 Å². The average molecular weight is 226 g/mol. The number of hydrogen-bond acceptors (Lipinski definition) is 4. The van der Waals surface area contributed by atoms with Crippen LogP contribution < -0.4 is 11.1 Å². The van der Waals surface area contributed by atoms with Gasteiger partial charge in [-0.2, -0.15) is 0 Å². The Morgan fingerprint density at radius 1 is 1.75 bits per heavy atom. The summed E-state index contributed by atoms with van der Waals surface area (Å²) < 4.78 is 6.68. The van der Waals surface area contributed by atoms with E-state index in [1.54, 1.807) is 31.0 Å². The number of carbonyl (C=O) groups excluding carboxylic acids is 1. The molecule has 6 nitrogen and oxygen atoms in total. The molecule has 1 amide bonds. The maximum atomic E-state index is 11.1. The van der Waals surface area contributed by atoms with E-state index in [2.05, 4.69) is 10.3 Å². The van der Waals surface area contributed by atoms with E-state index >= 15 is 0 Å². The van der Waals surface area contributed by atoms with Crippen molar-refractivity contribution in [3.8, 4) is 0 Å². The van der Waals surface area contributed by atoms with Crippen LogP contribution in [0.25, 0.3) is 0 Å². The van der Waals surface area contributed by atoms with Gasteiger partial charge in [0.2, 0.25) is 5.91 Å². The van der Waals surface area contributed by atoms with Gasteiger partial charge in [-0.1, -0.05) is 0 Å². The molecule has 1 aromatic rings. The molecule has 0 bridgehead atoms. The molecule has 0 aliphatic heterocycles. The smallest absolute Gasteiger partial charge is 0.240 e. The van der Waals surface area contributed by atoms with E-state index in [1.807, 2.05) is 0 Å². The van der Waals surface area contributed by atoms with Gasteiger partial charge in [0.1, 0.15) is 11.9 Å². The largest absolute Gasteiger partial charge is 0.383 e. The summed E-state index contributed by atoms with van der Waals surface area (Å²) in [5.41, 5.74) is 5.24. The quantitative estimate of drug-likeness (QED) is 0.623. The SMILES string of the molecule is COCCNCc1nccn1C(C)C(N)=O. The Morgan fingerprint density at radius 3 is 3.12 bits per heavy atom. The van der Waals surface area contributed by atoms with Crippen molar-refractivity contribution in [1.82, 2.24) is 14.9 Å². The van der Waals surface area contributed by atoms with Crippen LogP contribution >= 0.6 is 0 Å². The zero-order valence-corrected chi connectivity index (χ0v) is 9.64. The van der Waals surface area contributed by atoms with Gasteiger partial charge in [-0.05, 0) is 6.92 Å². The number of ether oxygens (including phenoxy) is 1. The standard InChI is InChI=1S/C10H18N4O2/c1-8(10(11)15)14-5-3-13-9(14)7-12-4-6-16-2/h3,5,8,12H,4,6-7H2,1-2H3,(H2,11,15). The minimum Gasteiger partial charge on any atom is -0.383 e. The van der Waals surface area contributed by atoms with Crippen LogP contribution in [0.15, 0.2) is 12.4 Å². The van der Waals surface area contributed by atoms with Crippen molar-refractivity contribution in [1.29, 1.82) is 0 Å². The van der Waals surface area contributed by atoms with Crippen LogP contribution in [0, 0.1) is 0 Å². The number of rotatable bonds is 7. The Labute approximate surface area is 94.8 Å². The van der Waals surface area contributed by atoms with E-state index in [9.17, 15) is 4.79 Å². The van der Waals surface area contributed by atoms with Gasteiger partial charge in [0.25, 0.3) is 0 Å². The summed E-state index contributed by atoms with van der Waals surface area (Å²) in [4.78, 5) is 15.2. The Balaban J connectivity index is 2.53. The average Bonchev–Trinajstić information content (AvgIpc) is 2.71. The topological polar surface area (TPSA) is 82.2 Å². The van der Waals surface area contributed by atoms with Crippen LogP contribution in [-0.2, 0) is 16.1 Å². The number of carbonyl (C=O) groups is 1. The molecule has 3 N–H and O–H groups in total. The van der Waals surface area contributed by atoms with E-state index in [1.165, 1.54) is 0 Å². The number of nitrogens with two attached hydrogens (primary N) is 1. The normalized spacial score (nSPS) is 12.6. The van der Waals surface area contributed by atoms with E-state index in [0.717, 1.165) is 12.4 Å². The molecular formula is C10H18N4O2. The number of aromatic nitrogens is 2. The highest BCUT2D eigenvalue weighted by atomic mass is 16.5. The first-order valence-corrected chi connectivity index (χ1v) is 5.17. The molecule has 0 saturated carbocycles. The first-order chi connectivity index (χ1) is 7.66. The summed E-state index contributed by atoms with van der Waals surface area (Å²) in [6.45, 7) is 3.73. The predicted octanol–water partition coefficient (Wildman–Crippen LogP) is -0.335. The lowest BCUT2D eigenvalue weighted by Crippen LogP contribution is -2.27. The lowest BCUT2D eigenvalue weighted by atomic mass is 10.3. The maximum Gasteiger partial charge on any atom is 0.240 e. The van der Waals surface area contributed by atoms with Crippen molar-refractivity contribution < 1.29 is 9.53 Å². The molecule has 90 valence electrons. The number of hydrogen-bond donors (Lipinski definition) is 2. The molecule has 1 atom stereocenters. The molecular weight excluding hydrogens is 208 g/mol. The summed E-state index contributed by atoms with van der Waals surface area (Å²) in [5, 5.41) is 3.16. The van der Waals surface area contributed by atoms with Crippen LogP contribution in [0.3, 0.4) is 0 Å². The first-order valence-electron chi connectivity index (χ1n) is 5.17. The fourth-order valence-electron chi connectivity index (χ4n) is 1.34. The highest BCUT2D eigenvalue weighted by Crippen LogP contribution is 2.08. The summed E-state index contributed by atoms with van der Waals surface area (Å²) in [6.07, 6.45) is 3.41. The van der Waals surface area contributed by atoms with Crippen molar-refractivity contribution in [2.24, 2.45) is 5.73 Å². The summed E-state index contributed by atoms with van der Waals surface area (Å²) in [7, 11) is 1.65. The second kappa shape index (κ2) is 6.24. The number of nitrogens with one attached hydrogen (secondary N) is 1. The molecule has 0 radical (unpaired) electrons. The minimum atomic E-state index is -0.373. The Bertz CT molecular complexity index is 337. The predicted molar refractivity (Wildman–Crippen MR) is 59.7 cm³/mol. The fraction of sp³-hybridized carbons (Fsp3) is 0.600. The Morgan fingerprint density at radius 2 is 2.50 bits per heavy atom. The Hall–Kier alpha value is -1.40.